The van der Waals surface area contributed by atoms with Gasteiger partial charge in [-0.25, -0.2) is 14.4 Å². The Bertz CT molecular complexity index is 1000. The van der Waals surface area contributed by atoms with Crippen molar-refractivity contribution >= 4 is 23.4 Å². The van der Waals surface area contributed by atoms with E-state index in [1.54, 1.807) is 17.8 Å². The average Bonchev–Trinajstić information content (AvgIpc) is 2.73. The van der Waals surface area contributed by atoms with Crippen LogP contribution in [0.4, 0.5) is 16.0 Å². The van der Waals surface area contributed by atoms with Gasteiger partial charge in [0.25, 0.3) is 0 Å². The highest BCUT2D eigenvalue weighted by molar-refractivity contribution is 7.97. The Morgan fingerprint density at radius 1 is 1.24 bits per heavy atom. The van der Waals surface area contributed by atoms with Gasteiger partial charge in [0.1, 0.15) is 24.5 Å². The van der Waals surface area contributed by atoms with Crippen molar-refractivity contribution in [2.75, 3.05) is 24.8 Å². The highest BCUT2D eigenvalue weighted by atomic mass is 32.2. The molecule has 0 spiro atoms. The number of hydrogen-bond donors (Lipinski definition) is 2. The third-order valence-electron chi connectivity index (χ3n) is 3.91. The van der Waals surface area contributed by atoms with Gasteiger partial charge < -0.3 is 15.2 Å². The Hall–Kier alpha value is -2.97. The smallest absolute Gasteiger partial charge is 0.230 e. The monoisotopic (exact) mass is 412 g/mol. The minimum Gasteiger partial charge on any atom is -0.488 e. The summed E-state index contributed by atoms with van der Waals surface area (Å²) in [6.07, 6.45) is 3.44. The zero-order valence-corrected chi connectivity index (χ0v) is 16.7. The molecule has 1 aromatic heterocycles. The Balaban J connectivity index is 1.85. The Labute approximate surface area is 172 Å². The normalized spacial score (nSPS) is 10.6. The summed E-state index contributed by atoms with van der Waals surface area (Å²) in [6, 6.07) is 12.1. The van der Waals surface area contributed by atoms with Crippen LogP contribution in [0.2, 0.25) is 0 Å². The van der Waals surface area contributed by atoms with E-state index in [-0.39, 0.29) is 19.0 Å². The molecule has 2 aromatic carbocycles. The SMILES string of the molecule is C=C(CO)COc1cc(F)ccc1-c1ncnc(Nc2cccc(CSC)c2)n1. The first kappa shape index (κ1) is 20.8. The van der Waals surface area contributed by atoms with Gasteiger partial charge in [-0.15, -0.1) is 0 Å². The second kappa shape index (κ2) is 9.99. The number of aromatic nitrogens is 3. The van der Waals surface area contributed by atoms with Gasteiger partial charge in [-0.3, -0.25) is 0 Å². The summed E-state index contributed by atoms with van der Waals surface area (Å²) in [7, 11) is 0. The first-order valence-electron chi connectivity index (χ1n) is 8.83. The predicted molar refractivity (Wildman–Crippen MR) is 114 cm³/mol. The second-order valence-corrected chi connectivity index (χ2v) is 7.09. The zero-order chi connectivity index (χ0) is 20.6. The lowest BCUT2D eigenvalue weighted by atomic mass is 10.2. The first-order chi connectivity index (χ1) is 14.1. The van der Waals surface area contributed by atoms with Crippen LogP contribution >= 0.6 is 11.8 Å². The summed E-state index contributed by atoms with van der Waals surface area (Å²) in [5.41, 5.74) is 3.04. The van der Waals surface area contributed by atoms with Gasteiger partial charge >= 0.3 is 0 Å². The molecule has 0 unspecified atom stereocenters. The summed E-state index contributed by atoms with van der Waals surface area (Å²) in [4.78, 5) is 12.8. The largest absolute Gasteiger partial charge is 0.488 e. The molecule has 0 saturated carbocycles. The number of nitrogens with zero attached hydrogens (tertiary/aromatic N) is 3. The number of halogens is 1. The molecule has 0 bridgehead atoms. The van der Waals surface area contributed by atoms with E-state index in [1.165, 1.54) is 24.0 Å². The van der Waals surface area contributed by atoms with Crippen molar-refractivity contribution in [3.05, 3.63) is 72.3 Å². The van der Waals surface area contributed by atoms with Gasteiger partial charge in [0.2, 0.25) is 5.95 Å². The van der Waals surface area contributed by atoms with Crippen molar-refractivity contribution in [2.45, 2.75) is 5.75 Å². The van der Waals surface area contributed by atoms with E-state index in [4.69, 9.17) is 9.84 Å². The lowest BCUT2D eigenvalue weighted by Gasteiger charge is -2.12. The summed E-state index contributed by atoms with van der Waals surface area (Å²) in [6.45, 7) is 3.53. The quantitative estimate of drug-likeness (QED) is 0.510. The van der Waals surface area contributed by atoms with Crippen molar-refractivity contribution in [1.29, 1.82) is 0 Å². The fourth-order valence-electron chi connectivity index (χ4n) is 2.55. The Kier molecular flexibility index (Phi) is 7.15. The highest BCUT2D eigenvalue weighted by Crippen LogP contribution is 2.29. The van der Waals surface area contributed by atoms with Crippen molar-refractivity contribution in [1.82, 2.24) is 15.0 Å². The molecule has 0 atom stereocenters. The van der Waals surface area contributed by atoms with Crippen molar-refractivity contribution in [2.24, 2.45) is 0 Å². The molecule has 8 heteroatoms. The van der Waals surface area contributed by atoms with Crippen LogP contribution < -0.4 is 10.1 Å². The van der Waals surface area contributed by atoms with E-state index in [2.05, 4.69) is 39.2 Å². The number of aliphatic hydroxyl groups is 1. The summed E-state index contributed by atoms with van der Waals surface area (Å²) in [5, 5.41) is 12.3. The molecule has 2 N–H and O–H groups in total. The standard InChI is InChI=1S/C21H21FN4O2S/c1-14(10-27)11-28-19-9-16(22)6-7-18(19)20-23-13-24-21(26-20)25-17-5-3-4-15(8-17)12-29-2/h3-9,13,27H,1,10-12H2,2H3,(H,23,24,25,26). The van der Waals surface area contributed by atoms with Crippen molar-refractivity contribution < 1.29 is 14.2 Å². The molecule has 29 heavy (non-hydrogen) atoms. The van der Waals surface area contributed by atoms with Crippen molar-refractivity contribution in [3.8, 4) is 17.1 Å². The van der Waals surface area contributed by atoms with E-state index in [1.807, 2.05) is 18.2 Å². The van der Waals surface area contributed by atoms with Crippen LogP contribution in [0.15, 0.2) is 60.9 Å². The maximum absolute atomic E-state index is 13.7. The summed E-state index contributed by atoms with van der Waals surface area (Å²) in [5.74, 6) is 1.43. The molecule has 150 valence electrons. The first-order valence-corrected chi connectivity index (χ1v) is 10.2. The molecule has 0 radical (unpaired) electrons. The number of nitrogens with one attached hydrogen (secondary N) is 1. The van der Waals surface area contributed by atoms with E-state index in [9.17, 15) is 4.39 Å². The van der Waals surface area contributed by atoms with Gasteiger partial charge in [-0.2, -0.15) is 16.7 Å². The minimum atomic E-state index is -0.448. The number of hydrogen-bond acceptors (Lipinski definition) is 7. The topological polar surface area (TPSA) is 80.2 Å². The molecular weight excluding hydrogens is 391 g/mol. The summed E-state index contributed by atoms with van der Waals surface area (Å²) >= 11 is 1.74. The van der Waals surface area contributed by atoms with Crippen LogP contribution in [0.1, 0.15) is 5.56 Å². The molecule has 0 aliphatic rings. The van der Waals surface area contributed by atoms with E-state index >= 15 is 0 Å². The predicted octanol–water partition coefficient (Wildman–Crippen LogP) is 4.21. The second-order valence-electron chi connectivity index (χ2n) is 6.23. The number of anilines is 2. The number of ether oxygens (including phenoxy) is 1. The lowest BCUT2D eigenvalue weighted by Crippen LogP contribution is -2.06. The maximum Gasteiger partial charge on any atom is 0.230 e. The molecule has 3 aromatic rings. The third kappa shape index (κ3) is 5.75. The molecule has 0 fully saturated rings. The van der Waals surface area contributed by atoms with Crippen LogP contribution in [0.3, 0.4) is 0 Å². The molecular formula is C21H21FN4O2S. The Morgan fingerprint density at radius 2 is 2.10 bits per heavy atom. The van der Waals surface area contributed by atoms with E-state index in [0.717, 1.165) is 11.4 Å². The van der Waals surface area contributed by atoms with Crippen LogP contribution in [0.5, 0.6) is 5.75 Å². The molecule has 0 amide bonds. The van der Waals surface area contributed by atoms with Crippen LogP contribution in [0.25, 0.3) is 11.4 Å². The fourth-order valence-corrected chi connectivity index (χ4v) is 3.06. The average molecular weight is 412 g/mol. The van der Waals surface area contributed by atoms with Gasteiger partial charge in [0.15, 0.2) is 5.82 Å². The van der Waals surface area contributed by atoms with Crippen LogP contribution in [0, 0.1) is 5.82 Å². The number of benzene rings is 2. The molecule has 6 nitrogen and oxygen atoms in total. The molecule has 0 saturated heterocycles. The van der Waals surface area contributed by atoms with E-state index < -0.39 is 5.82 Å². The van der Waals surface area contributed by atoms with Crippen LogP contribution in [-0.4, -0.2) is 39.5 Å². The number of thioether (sulfide) groups is 1. The van der Waals surface area contributed by atoms with E-state index in [0.29, 0.717) is 22.9 Å². The van der Waals surface area contributed by atoms with Gasteiger partial charge in [-0.05, 0) is 41.7 Å². The molecule has 0 aliphatic heterocycles. The van der Waals surface area contributed by atoms with Crippen LogP contribution in [-0.2, 0) is 5.75 Å². The molecule has 1 heterocycles. The number of aliphatic hydroxyl groups excluding tert-OH is 1. The lowest BCUT2D eigenvalue weighted by molar-refractivity contribution is 0.288. The third-order valence-corrected chi connectivity index (χ3v) is 4.53. The van der Waals surface area contributed by atoms with Gasteiger partial charge in [-0.1, -0.05) is 18.7 Å². The highest BCUT2D eigenvalue weighted by Gasteiger charge is 2.13. The van der Waals surface area contributed by atoms with Crippen molar-refractivity contribution in [3.63, 3.8) is 0 Å². The summed E-state index contributed by atoms with van der Waals surface area (Å²) < 4.78 is 19.3. The number of rotatable bonds is 9. The minimum absolute atomic E-state index is 0.0609. The Morgan fingerprint density at radius 3 is 2.90 bits per heavy atom. The maximum atomic E-state index is 13.7. The van der Waals surface area contributed by atoms with Gasteiger partial charge in [0.05, 0.1) is 12.2 Å². The molecule has 3 rings (SSSR count). The van der Waals surface area contributed by atoms with Gasteiger partial charge in [0, 0.05) is 17.5 Å². The zero-order valence-electron chi connectivity index (χ0n) is 15.9. The fraction of sp³-hybridized carbons (Fsp3) is 0.190. The molecule has 0 aliphatic carbocycles.